The highest BCUT2D eigenvalue weighted by Gasteiger charge is 2.40. The van der Waals surface area contributed by atoms with Gasteiger partial charge >= 0.3 is 12.1 Å². The lowest BCUT2D eigenvalue weighted by Gasteiger charge is -2.19. The van der Waals surface area contributed by atoms with E-state index in [2.05, 4.69) is 36.6 Å². The van der Waals surface area contributed by atoms with Crippen LogP contribution in [0.3, 0.4) is 0 Å². The Labute approximate surface area is 540 Å². The smallest absolute Gasteiger partial charge is 0.411 e. The van der Waals surface area contributed by atoms with Crippen molar-refractivity contribution in [3.05, 3.63) is 170 Å². The molecular formula is C66H69Cl3N8O12S. The number of aryl methyl sites for hydroxylation is 4. The predicted molar refractivity (Wildman–Crippen MR) is 352 cm³/mol. The van der Waals surface area contributed by atoms with Crippen LogP contribution in [0.1, 0.15) is 89.4 Å². The third-order valence-electron chi connectivity index (χ3n) is 13.5. The summed E-state index contributed by atoms with van der Waals surface area (Å²) in [6, 6.07) is 32.7. The third kappa shape index (κ3) is 18.8. The number of aromatic hydroxyl groups is 1. The standard InChI is InChI=1S/C35H31Cl3N6O5.C31H38N2O7S/c1-5-28(49-29-14-9-19(2)15-20(29)3)34(46)39-24-8-6-7-21(16-24)33(45)40-32-30(42-41-23-10-12-25(48-4)13-11-23)35(47)44(43-32)31-26(37)17-22(36)18-27(31)38;1-19(2)18-40-31(38)33-24-9-5-8-22-28(24)26(41-15-6-10-27(34)35)17-23(29(22)36)30(37)32-13-7-14-39-25-12-11-20(3)16-21(25)4/h6-18,28,30H,5H2,1-4H3,(H,39,46)(H,40,43,45);5,8-9,11-12,16-17,19,36H,6-7,10,13-15,18H2,1-4H3,(H,32,37)(H,33,38)(H,34,35). The van der Waals surface area contributed by atoms with Gasteiger partial charge in [0, 0.05) is 44.9 Å². The van der Waals surface area contributed by atoms with Crippen LogP contribution in [0.25, 0.3) is 10.8 Å². The van der Waals surface area contributed by atoms with Gasteiger partial charge in [0.25, 0.3) is 23.6 Å². The number of aliphatic carboxylic acids is 1. The molecule has 0 aromatic heterocycles. The van der Waals surface area contributed by atoms with Gasteiger partial charge in [0.15, 0.2) is 11.9 Å². The first-order chi connectivity index (χ1) is 43.0. The highest BCUT2D eigenvalue weighted by molar-refractivity contribution is 7.99. The lowest BCUT2D eigenvalue weighted by Crippen LogP contribution is -2.39. The van der Waals surface area contributed by atoms with E-state index in [4.69, 9.17) is 58.9 Å². The second-order valence-corrected chi connectivity index (χ2v) is 23.6. The number of phenols is 1. The SMILES string of the molecule is CCC(Oc1ccc(C)cc1C)C(=O)Nc1cccc(C(=O)NC2=NN(c3c(Cl)cc(Cl)cc3Cl)C(=O)C2N=Nc2ccc(OC)cc2)c1.Cc1ccc(OCCCNC(=O)c2cc(SCCCC(=O)O)c3c(NC(=O)OCC(C)C)cccc3c2O)c(C)c1. The van der Waals surface area contributed by atoms with E-state index >= 15 is 0 Å². The summed E-state index contributed by atoms with van der Waals surface area (Å²) in [5.74, 6) is -0.691. The maximum absolute atomic E-state index is 13.7. The first kappa shape index (κ1) is 68.6. The summed E-state index contributed by atoms with van der Waals surface area (Å²) < 4.78 is 22.3. The first-order valence-corrected chi connectivity index (χ1v) is 30.8. The van der Waals surface area contributed by atoms with Crippen LogP contribution in [-0.4, -0.2) is 96.5 Å². The Bertz CT molecular complexity index is 3830. The second kappa shape index (κ2) is 32.5. The van der Waals surface area contributed by atoms with E-state index in [1.54, 1.807) is 66.7 Å². The summed E-state index contributed by atoms with van der Waals surface area (Å²) in [6.07, 6.45) is 0.00225. The van der Waals surface area contributed by atoms with Gasteiger partial charge in [0.1, 0.15) is 28.7 Å². The zero-order valence-electron chi connectivity index (χ0n) is 50.7. The number of azo groups is 1. The molecule has 2 atom stereocenters. The Hall–Kier alpha value is -8.89. The van der Waals surface area contributed by atoms with Crippen molar-refractivity contribution in [2.75, 3.05) is 48.3 Å². The Morgan fingerprint density at radius 2 is 1.47 bits per heavy atom. The van der Waals surface area contributed by atoms with E-state index in [9.17, 15) is 33.9 Å². The number of hydrogen-bond acceptors (Lipinski definition) is 15. The number of amides is 5. The molecule has 5 amide bonds. The van der Waals surface area contributed by atoms with Gasteiger partial charge in [-0.3, -0.25) is 29.3 Å². The number of carboxylic acid groups (broad SMARTS) is 1. The maximum atomic E-state index is 13.7. The zero-order valence-corrected chi connectivity index (χ0v) is 53.8. The van der Waals surface area contributed by atoms with Crippen molar-refractivity contribution in [3.8, 4) is 23.0 Å². The Morgan fingerprint density at radius 3 is 2.11 bits per heavy atom. The summed E-state index contributed by atoms with van der Waals surface area (Å²) >= 11 is 20.2. The number of nitrogens with zero attached hydrogens (tertiary/aromatic N) is 4. The van der Waals surface area contributed by atoms with Crippen molar-refractivity contribution in [3.63, 3.8) is 0 Å². The molecule has 24 heteroatoms. The van der Waals surface area contributed by atoms with E-state index in [1.165, 1.54) is 37.1 Å². The van der Waals surface area contributed by atoms with E-state index in [-0.39, 0.29) is 68.3 Å². The molecule has 472 valence electrons. The van der Waals surface area contributed by atoms with Crippen LogP contribution < -0.4 is 40.5 Å². The van der Waals surface area contributed by atoms with Crippen molar-refractivity contribution < 1.29 is 57.9 Å². The fourth-order valence-corrected chi connectivity index (χ4v) is 11.0. The summed E-state index contributed by atoms with van der Waals surface area (Å²) in [4.78, 5) is 77.5. The van der Waals surface area contributed by atoms with Crippen LogP contribution in [0.5, 0.6) is 23.0 Å². The molecule has 0 saturated heterocycles. The van der Waals surface area contributed by atoms with E-state index in [1.807, 2.05) is 84.9 Å². The number of amidine groups is 1. The number of anilines is 3. The number of fused-ring (bicyclic) bond motifs is 1. The maximum Gasteiger partial charge on any atom is 0.411 e. The molecule has 0 fully saturated rings. The minimum absolute atomic E-state index is 0.00712. The van der Waals surface area contributed by atoms with Crippen LogP contribution in [0.15, 0.2) is 142 Å². The number of carboxylic acids is 1. The number of ether oxygens (including phenoxy) is 4. The number of carbonyl (C=O) groups excluding carboxylic acids is 5. The normalized spacial score (nSPS) is 13.1. The van der Waals surface area contributed by atoms with Gasteiger partial charge in [0.2, 0.25) is 6.04 Å². The number of carbonyl (C=O) groups is 6. The number of thioether (sulfide) groups is 1. The molecule has 8 rings (SSSR count). The fourth-order valence-electron chi connectivity index (χ4n) is 9.00. The fraction of sp³-hybridized carbons (Fsp3) is 0.288. The molecule has 20 nitrogen and oxygen atoms in total. The monoisotopic (exact) mass is 1300 g/mol. The van der Waals surface area contributed by atoms with Gasteiger partial charge in [0.05, 0.1) is 47.3 Å². The average Bonchev–Trinajstić information content (AvgIpc) is 1.56. The lowest BCUT2D eigenvalue weighted by molar-refractivity contribution is -0.137. The van der Waals surface area contributed by atoms with Crippen molar-refractivity contribution in [2.24, 2.45) is 21.2 Å². The van der Waals surface area contributed by atoms with Crippen LogP contribution in [0, 0.1) is 33.6 Å². The topological polar surface area (TPSA) is 268 Å². The quantitative estimate of drug-likeness (QED) is 0.0187. The third-order valence-corrected chi connectivity index (χ3v) is 15.4. The molecule has 2 unspecified atom stereocenters. The van der Waals surface area contributed by atoms with Crippen molar-refractivity contribution in [1.29, 1.82) is 0 Å². The molecule has 7 aromatic carbocycles. The summed E-state index contributed by atoms with van der Waals surface area (Å²) in [7, 11) is 1.54. The number of nitrogens with one attached hydrogen (secondary N) is 4. The number of benzene rings is 7. The molecule has 0 radical (unpaired) electrons. The Balaban J connectivity index is 0.000000260. The molecule has 1 aliphatic heterocycles. The van der Waals surface area contributed by atoms with Crippen LogP contribution >= 0.6 is 46.6 Å². The largest absolute Gasteiger partial charge is 0.506 e. The second-order valence-electron chi connectivity index (χ2n) is 21.2. The summed E-state index contributed by atoms with van der Waals surface area (Å²) in [5.41, 5.74) is 5.74. The van der Waals surface area contributed by atoms with E-state index < -0.39 is 41.9 Å². The van der Waals surface area contributed by atoms with E-state index in [0.29, 0.717) is 82.4 Å². The van der Waals surface area contributed by atoms with Crippen molar-refractivity contribution in [2.45, 2.75) is 91.2 Å². The molecule has 1 aliphatic rings. The van der Waals surface area contributed by atoms with Gasteiger partial charge in [-0.15, -0.1) is 16.9 Å². The Kier molecular flexibility index (Phi) is 24.8. The van der Waals surface area contributed by atoms with Gasteiger partial charge in [-0.05, 0) is 149 Å². The number of hydrazone groups is 1. The summed E-state index contributed by atoms with van der Waals surface area (Å²) in [6.45, 7) is 14.6. The zero-order chi connectivity index (χ0) is 65.2. The molecule has 0 aliphatic carbocycles. The minimum Gasteiger partial charge on any atom is -0.506 e. The van der Waals surface area contributed by atoms with Crippen molar-refractivity contribution in [1.82, 2.24) is 10.6 Å². The summed E-state index contributed by atoms with van der Waals surface area (Å²) in [5, 5.41) is 46.2. The van der Waals surface area contributed by atoms with Gasteiger partial charge in [-0.1, -0.05) is 109 Å². The highest BCUT2D eigenvalue weighted by atomic mass is 35.5. The molecule has 0 bridgehead atoms. The number of phenolic OH excluding ortho intramolecular Hbond substituents is 1. The van der Waals surface area contributed by atoms with Gasteiger partial charge < -0.3 is 45.1 Å². The molecule has 1 heterocycles. The number of methoxy groups -OCH3 is 1. The number of halogens is 3. The first-order valence-electron chi connectivity index (χ1n) is 28.7. The average molecular weight is 1300 g/mol. The van der Waals surface area contributed by atoms with Crippen LogP contribution in [0.2, 0.25) is 15.1 Å². The van der Waals surface area contributed by atoms with Crippen molar-refractivity contribution >= 4 is 122 Å². The molecular weight excluding hydrogens is 1240 g/mol. The van der Waals surface area contributed by atoms with Gasteiger partial charge in [-0.25, -0.2) is 4.79 Å². The molecule has 0 saturated carbocycles. The van der Waals surface area contributed by atoms with Crippen LogP contribution in [-0.2, 0) is 19.1 Å². The molecule has 0 spiro atoms. The highest BCUT2D eigenvalue weighted by Crippen LogP contribution is 2.42. The molecule has 6 N–H and O–H groups in total. The minimum atomic E-state index is -1.36. The Morgan fingerprint density at radius 1 is 0.789 bits per heavy atom. The predicted octanol–water partition coefficient (Wildman–Crippen LogP) is 14.8. The molecule has 90 heavy (non-hydrogen) atoms. The number of rotatable bonds is 24. The number of hydrogen-bond donors (Lipinski definition) is 6. The lowest BCUT2D eigenvalue weighted by atomic mass is 10.0. The molecule has 7 aromatic rings. The van der Waals surface area contributed by atoms with Crippen LogP contribution in [0.4, 0.5) is 27.5 Å². The van der Waals surface area contributed by atoms with Gasteiger partial charge in [-0.2, -0.15) is 15.2 Å². The van der Waals surface area contributed by atoms with E-state index in [0.717, 1.165) is 33.0 Å².